The molecule has 0 bridgehead atoms. The van der Waals surface area contributed by atoms with Crippen molar-refractivity contribution in [2.75, 3.05) is 0 Å². The Morgan fingerprint density at radius 1 is 0.415 bits per heavy atom. The summed E-state index contributed by atoms with van der Waals surface area (Å²) in [5, 5.41) is 0. The summed E-state index contributed by atoms with van der Waals surface area (Å²) in [5.41, 5.74) is 12.0. The maximum absolute atomic E-state index is 13.6. The van der Waals surface area contributed by atoms with Gasteiger partial charge in [0.25, 0.3) is 0 Å². The minimum absolute atomic E-state index is 0.175. The monoisotopic (exact) mass is 648 g/mol. The standard InChI is InChI=1S/C38H27F2I/c1-25-22-34(18-20-36(25)39)32-14-10-30(11-15-32)28-6-2-26(3-7-28)23-27-4-8-29(9-5-27)31-12-16-33(17-13-31)35-19-21-37(40)38(41)24-35/h2-22,24H,23H2,1H3. The zero-order valence-corrected chi connectivity index (χ0v) is 24.7. The molecular formula is C38H27F2I. The van der Waals surface area contributed by atoms with Crippen molar-refractivity contribution in [3.05, 3.63) is 165 Å². The fourth-order valence-corrected chi connectivity index (χ4v) is 5.59. The Morgan fingerprint density at radius 3 is 1.12 bits per heavy atom. The van der Waals surface area contributed by atoms with E-state index in [-0.39, 0.29) is 11.6 Å². The molecule has 0 N–H and O–H groups in total. The van der Waals surface area contributed by atoms with E-state index in [1.807, 2.05) is 46.9 Å². The van der Waals surface area contributed by atoms with Crippen molar-refractivity contribution in [1.29, 1.82) is 0 Å². The summed E-state index contributed by atoms with van der Waals surface area (Å²) in [7, 11) is 0. The van der Waals surface area contributed by atoms with Crippen molar-refractivity contribution >= 4 is 22.6 Å². The molecule has 0 spiro atoms. The van der Waals surface area contributed by atoms with Crippen LogP contribution in [0.4, 0.5) is 8.78 Å². The van der Waals surface area contributed by atoms with E-state index in [2.05, 4.69) is 97.1 Å². The lowest BCUT2D eigenvalue weighted by Crippen LogP contribution is -1.89. The van der Waals surface area contributed by atoms with Gasteiger partial charge >= 0.3 is 0 Å². The van der Waals surface area contributed by atoms with E-state index in [9.17, 15) is 8.78 Å². The molecule has 0 unspecified atom stereocenters. The first-order valence-electron chi connectivity index (χ1n) is 13.5. The average molecular weight is 649 g/mol. The zero-order chi connectivity index (χ0) is 28.3. The SMILES string of the molecule is Cc1cc(-c2ccc(-c3ccc(Cc4ccc(-c5ccc(-c6ccc(F)c(I)c6)cc5)cc4)cc3)cc2)ccc1F. The third-order valence-electron chi connectivity index (χ3n) is 7.50. The maximum Gasteiger partial charge on any atom is 0.136 e. The molecule has 0 heterocycles. The molecule has 6 rings (SSSR count). The van der Waals surface area contributed by atoms with E-state index in [0.29, 0.717) is 9.13 Å². The van der Waals surface area contributed by atoms with Gasteiger partial charge in [0.1, 0.15) is 11.6 Å². The molecular weight excluding hydrogens is 621 g/mol. The Morgan fingerprint density at radius 2 is 0.732 bits per heavy atom. The van der Waals surface area contributed by atoms with Crippen molar-refractivity contribution in [2.45, 2.75) is 13.3 Å². The number of benzene rings is 6. The fourth-order valence-electron chi connectivity index (χ4n) is 5.08. The number of hydrogen-bond acceptors (Lipinski definition) is 0. The van der Waals surface area contributed by atoms with Crippen LogP contribution in [-0.2, 0) is 6.42 Å². The second kappa shape index (κ2) is 11.8. The maximum atomic E-state index is 13.6. The smallest absolute Gasteiger partial charge is 0.136 e. The molecule has 6 aromatic rings. The quantitative estimate of drug-likeness (QED) is 0.158. The van der Waals surface area contributed by atoms with Gasteiger partial charge in [-0.3, -0.25) is 0 Å². The van der Waals surface area contributed by atoms with E-state index in [1.165, 1.54) is 34.4 Å². The Hall–Kier alpha value is -4.09. The lowest BCUT2D eigenvalue weighted by atomic mass is 9.96. The summed E-state index contributed by atoms with van der Waals surface area (Å²) >= 11 is 2.03. The molecule has 0 nitrogen and oxygen atoms in total. The predicted octanol–water partition coefficient (Wildman–Crippen LogP) is 11.1. The van der Waals surface area contributed by atoms with E-state index < -0.39 is 0 Å². The van der Waals surface area contributed by atoms with Crippen LogP contribution in [0.25, 0.3) is 44.5 Å². The van der Waals surface area contributed by atoms with Gasteiger partial charge in [0.05, 0.1) is 0 Å². The van der Waals surface area contributed by atoms with Gasteiger partial charge in [0, 0.05) is 3.57 Å². The molecule has 0 aromatic heterocycles. The molecule has 0 atom stereocenters. The van der Waals surface area contributed by atoms with Crippen molar-refractivity contribution in [2.24, 2.45) is 0 Å². The van der Waals surface area contributed by atoms with Crippen LogP contribution in [0, 0.1) is 22.1 Å². The normalized spacial score (nSPS) is 11.0. The summed E-state index contributed by atoms with van der Waals surface area (Å²) in [6, 6.07) is 44.7. The number of aryl methyl sites for hydroxylation is 1. The minimum Gasteiger partial charge on any atom is -0.207 e. The van der Waals surface area contributed by atoms with E-state index in [0.717, 1.165) is 39.8 Å². The average Bonchev–Trinajstić information content (AvgIpc) is 3.01. The highest BCUT2D eigenvalue weighted by Crippen LogP contribution is 2.29. The van der Waals surface area contributed by atoms with Gasteiger partial charge < -0.3 is 0 Å². The van der Waals surface area contributed by atoms with Crippen LogP contribution in [0.2, 0.25) is 0 Å². The van der Waals surface area contributed by atoms with Crippen LogP contribution in [0.5, 0.6) is 0 Å². The molecule has 0 amide bonds. The molecule has 200 valence electrons. The lowest BCUT2D eigenvalue weighted by Gasteiger charge is -2.09. The van der Waals surface area contributed by atoms with Crippen molar-refractivity contribution in [3.8, 4) is 44.5 Å². The molecule has 0 aliphatic carbocycles. The molecule has 6 aromatic carbocycles. The molecule has 0 radical (unpaired) electrons. The van der Waals surface area contributed by atoms with Crippen molar-refractivity contribution < 1.29 is 8.78 Å². The Labute approximate surface area is 253 Å². The highest BCUT2D eigenvalue weighted by Gasteiger charge is 2.06. The summed E-state index contributed by atoms with van der Waals surface area (Å²) in [4.78, 5) is 0. The number of rotatable bonds is 6. The van der Waals surface area contributed by atoms with Gasteiger partial charge in [-0.1, -0.05) is 109 Å². The molecule has 0 aliphatic rings. The van der Waals surface area contributed by atoms with Gasteiger partial charge in [-0.05, 0) is 121 Å². The first kappa shape index (κ1) is 27.1. The van der Waals surface area contributed by atoms with E-state index in [1.54, 1.807) is 6.92 Å². The van der Waals surface area contributed by atoms with Crippen LogP contribution in [0.3, 0.4) is 0 Å². The minimum atomic E-state index is -0.189. The van der Waals surface area contributed by atoms with Crippen LogP contribution in [0.1, 0.15) is 16.7 Å². The molecule has 0 aliphatic heterocycles. The Balaban J connectivity index is 1.11. The lowest BCUT2D eigenvalue weighted by molar-refractivity contribution is 0.618. The van der Waals surface area contributed by atoms with Gasteiger partial charge in [0.2, 0.25) is 0 Å². The van der Waals surface area contributed by atoms with Gasteiger partial charge in [-0.2, -0.15) is 0 Å². The largest absolute Gasteiger partial charge is 0.207 e. The zero-order valence-electron chi connectivity index (χ0n) is 22.5. The predicted molar refractivity (Wildman–Crippen MR) is 175 cm³/mol. The van der Waals surface area contributed by atoms with Crippen LogP contribution in [-0.4, -0.2) is 0 Å². The summed E-state index contributed by atoms with van der Waals surface area (Å²) in [5.74, 6) is -0.364. The molecule has 0 fully saturated rings. The van der Waals surface area contributed by atoms with Gasteiger partial charge in [-0.25, -0.2) is 8.78 Å². The van der Waals surface area contributed by atoms with Crippen molar-refractivity contribution in [1.82, 2.24) is 0 Å². The third kappa shape index (κ3) is 6.15. The molecule has 0 saturated heterocycles. The van der Waals surface area contributed by atoms with Crippen LogP contribution in [0.15, 0.2) is 133 Å². The first-order valence-corrected chi connectivity index (χ1v) is 14.6. The Bertz CT molecular complexity index is 1670. The number of hydrogen-bond donors (Lipinski definition) is 0. The molecule has 41 heavy (non-hydrogen) atoms. The van der Waals surface area contributed by atoms with Gasteiger partial charge in [-0.15, -0.1) is 0 Å². The fraction of sp³-hybridized carbons (Fsp3) is 0.0526. The van der Waals surface area contributed by atoms with Crippen molar-refractivity contribution in [3.63, 3.8) is 0 Å². The highest BCUT2D eigenvalue weighted by atomic mass is 127. The second-order valence-corrected chi connectivity index (χ2v) is 11.5. The highest BCUT2D eigenvalue weighted by molar-refractivity contribution is 14.1. The second-order valence-electron chi connectivity index (χ2n) is 10.3. The van der Waals surface area contributed by atoms with E-state index in [4.69, 9.17) is 0 Å². The van der Waals surface area contributed by atoms with Crippen LogP contribution < -0.4 is 0 Å². The van der Waals surface area contributed by atoms with Gasteiger partial charge in [0.15, 0.2) is 0 Å². The summed E-state index contributed by atoms with van der Waals surface area (Å²) in [6.07, 6.45) is 0.867. The topological polar surface area (TPSA) is 0 Å². The molecule has 3 heteroatoms. The number of halogens is 3. The molecule has 0 saturated carbocycles. The van der Waals surface area contributed by atoms with Crippen LogP contribution >= 0.6 is 22.6 Å². The summed E-state index contributed by atoms with van der Waals surface area (Å²) in [6.45, 7) is 1.79. The third-order valence-corrected chi connectivity index (χ3v) is 8.32. The van der Waals surface area contributed by atoms with E-state index >= 15 is 0 Å². The first-order chi connectivity index (χ1) is 19.9. The Kier molecular flexibility index (Phi) is 7.80. The summed E-state index contributed by atoms with van der Waals surface area (Å²) < 4.78 is 27.9.